The quantitative estimate of drug-likeness (QED) is 0.577. The van der Waals surface area contributed by atoms with Gasteiger partial charge in [-0.1, -0.05) is 18.2 Å². The summed E-state index contributed by atoms with van der Waals surface area (Å²) < 4.78 is 1.39. The van der Waals surface area contributed by atoms with Gasteiger partial charge in [0.15, 0.2) is 0 Å². The molecular formula is C13H14I. The molecule has 0 bridgehead atoms. The maximum atomic E-state index is 4.06. The first-order valence-electron chi connectivity index (χ1n) is 4.97. The molecule has 73 valence electrons. The average Bonchev–Trinajstić information content (AvgIpc) is 3.01. The van der Waals surface area contributed by atoms with Gasteiger partial charge in [0.1, 0.15) is 0 Å². The first kappa shape index (κ1) is 10.2. The fourth-order valence-electron chi connectivity index (χ4n) is 1.64. The number of rotatable bonds is 3. The largest absolute Gasteiger partial charge is 0.102 e. The normalized spacial score (nSPS) is 17.9. The van der Waals surface area contributed by atoms with Gasteiger partial charge in [-0.3, -0.25) is 0 Å². The van der Waals surface area contributed by atoms with Crippen LogP contribution in [0.1, 0.15) is 35.8 Å². The van der Waals surface area contributed by atoms with Crippen LogP contribution in [0, 0.1) is 10.5 Å². The molecule has 1 aromatic rings. The Morgan fingerprint density at radius 3 is 2.71 bits per heavy atom. The van der Waals surface area contributed by atoms with Crippen molar-refractivity contribution >= 4 is 22.6 Å². The minimum absolute atomic E-state index is 0.226. The highest BCUT2D eigenvalue weighted by Gasteiger charge is 2.25. The van der Waals surface area contributed by atoms with E-state index in [9.17, 15) is 0 Å². The number of hydrogen-bond acceptors (Lipinski definition) is 0. The highest BCUT2D eigenvalue weighted by molar-refractivity contribution is 14.1. The van der Waals surface area contributed by atoms with E-state index in [2.05, 4.69) is 54.3 Å². The highest BCUT2D eigenvalue weighted by atomic mass is 127. The topological polar surface area (TPSA) is 0 Å². The second-order valence-electron chi connectivity index (χ2n) is 3.90. The molecule has 1 unspecified atom stereocenters. The Morgan fingerprint density at radius 1 is 1.43 bits per heavy atom. The second-order valence-corrected chi connectivity index (χ2v) is 5.06. The van der Waals surface area contributed by atoms with Crippen LogP contribution in [0.15, 0.2) is 30.9 Å². The van der Waals surface area contributed by atoms with E-state index >= 15 is 0 Å². The predicted molar refractivity (Wildman–Crippen MR) is 69.4 cm³/mol. The summed E-state index contributed by atoms with van der Waals surface area (Å²) in [5.41, 5.74) is 2.81. The molecule has 0 aromatic heterocycles. The molecule has 0 saturated heterocycles. The third-order valence-corrected chi connectivity index (χ3v) is 3.73. The predicted octanol–water partition coefficient (Wildman–Crippen LogP) is 4.27. The lowest BCUT2D eigenvalue weighted by molar-refractivity contribution is 1.04. The minimum atomic E-state index is 0.226. The summed E-state index contributed by atoms with van der Waals surface area (Å²) in [6, 6.07) is 6.66. The molecule has 14 heavy (non-hydrogen) atoms. The summed E-state index contributed by atoms with van der Waals surface area (Å²) in [4.78, 5) is 0. The molecule has 0 spiro atoms. The van der Waals surface area contributed by atoms with Crippen molar-refractivity contribution in [3.05, 3.63) is 52.5 Å². The number of allylic oxidation sites excluding steroid dienone is 1. The lowest BCUT2D eigenvalue weighted by Gasteiger charge is -2.10. The van der Waals surface area contributed by atoms with Crippen LogP contribution in [0.3, 0.4) is 0 Å². The molecule has 0 N–H and O–H groups in total. The van der Waals surface area contributed by atoms with Crippen LogP contribution in [0.4, 0.5) is 0 Å². The van der Waals surface area contributed by atoms with Crippen LogP contribution in [0.5, 0.6) is 0 Å². The second kappa shape index (κ2) is 4.05. The Balaban J connectivity index is 2.34. The number of hydrogen-bond donors (Lipinski definition) is 0. The Morgan fingerprint density at radius 2 is 2.14 bits per heavy atom. The van der Waals surface area contributed by atoms with Gasteiger partial charge in [0.05, 0.1) is 0 Å². The molecule has 0 aliphatic heterocycles. The Labute approximate surface area is 99.6 Å². The van der Waals surface area contributed by atoms with E-state index in [1.54, 1.807) is 0 Å². The van der Waals surface area contributed by atoms with Gasteiger partial charge in [0.2, 0.25) is 0 Å². The zero-order valence-corrected chi connectivity index (χ0v) is 10.3. The van der Waals surface area contributed by atoms with Crippen molar-refractivity contribution in [3.8, 4) is 0 Å². The Kier molecular flexibility index (Phi) is 2.96. The molecule has 1 fully saturated rings. The van der Waals surface area contributed by atoms with E-state index < -0.39 is 0 Å². The molecule has 1 heteroatoms. The standard InChI is InChI=1S/C13H14I/c1-3-9(2)11-6-7-13(14)12(8-11)10-4-5-10/h3,6-10H,1-2,4-5H2. The van der Waals surface area contributed by atoms with Crippen LogP contribution in [0.25, 0.3) is 0 Å². The number of benzene rings is 1. The fraction of sp³-hybridized carbons (Fsp3) is 0.308. The van der Waals surface area contributed by atoms with E-state index in [0.29, 0.717) is 0 Å². The van der Waals surface area contributed by atoms with Crippen molar-refractivity contribution in [2.45, 2.75) is 24.7 Å². The zero-order valence-electron chi connectivity index (χ0n) is 8.17. The number of halogens is 1. The SMILES string of the molecule is [CH2]C(C=C)c1ccc(I)c(C2CC2)c1. The van der Waals surface area contributed by atoms with Gasteiger partial charge in [-0.05, 0) is 65.5 Å². The van der Waals surface area contributed by atoms with E-state index in [0.717, 1.165) is 5.92 Å². The smallest absolute Gasteiger partial charge is 0.0165 e. The lowest BCUT2D eigenvalue weighted by atomic mass is 9.98. The van der Waals surface area contributed by atoms with E-state index in [-0.39, 0.29) is 5.92 Å². The maximum Gasteiger partial charge on any atom is 0.0165 e. The van der Waals surface area contributed by atoms with Gasteiger partial charge in [-0.15, -0.1) is 6.58 Å². The third-order valence-electron chi connectivity index (χ3n) is 2.75. The molecule has 0 heterocycles. The van der Waals surface area contributed by atoms with Crippen molar-refractivity contribution in [1.29, 1.82) is 0 Å². The molecule has 1 atom stereocenters. The first-order chi connectivity index (χ1) is 6.72. The fourth-order valence-corrected chi connectivity index (χ4v) is 2.41. The van der Waals surface area contributed by atoms with E-state index in [1.807, 2.05) is 6.08 Å². The molecule has 1 aliphatic rings. The van der Waals surface area contributed by atoms with Gasteiger partial charge in [-0.25, -0.2) is 0 Å². The van der Waals surface area contributed by atoms with Crippen molar-refractivity contribution in [3.63, 3.8) is 0 Å². The van der Waals surface area contributed by atoms with E-state index in [1.165, 1.54) is 27.5 Å². The molecule has 1 radical (unpaired) electrons. The van der Waals surface area contributed by atoms with Crippen LogP contribution in [-0.2, 0) is 0 Å². The van der Waals surface area contributed by atoms with Crippen molar-refractivity contribution in [2.24, 2.45) is 0 Å². The van der Waals surface area contributed by atoms with Crippen LogP contribution >= 0.6 is 22.6 Å². The Bertz CT molecular complexity index is 350. The van der Waals surface area contributed by atoms with E-state index in [4.69, 9.17) is 0 Å². The first-order valence-corrected chi connectivity index (χ1v) is 6.05. The molecule has 1 aliphatic carbocycles. The van der Waals surface area contributed by atoms with Crippen LogP contribution < -0.4 is 0 Å². The summed E-state index contributed by atoms with van der Waals surface area (Å²) in [6.45, 7) is 7.84. The molecule has 1 aromatic carbocycles. The van der Waals surface area contributed by atoms with Crippen LogP contribution in [0.2, 0.25) is 0 Å². The van der Waals surface area contributed by atoms with Gasteiger partial charge in [0.25, 0.3) is 0 Å². The monoisotopic (exact) mass is 297 g/mol. The summed E-state index contributed by atoms with van der Waals surface area (Å²) in [5, 5.41) is 0. The lowest BCUT2D eigenvalue weighted by Crippen LogP contribution is -1.93. The third kappa shape index (κ3) is 2.02. The van der Waals surface area contributed by atoms with Gasteiger partial charge < -0.3 is 0 Å². The molecule has 1 saturated carbocycles. The highest BCUT2D eigenvalue weighted by Crippen LogP contribution is 2.42. The minimum Gasteiger partial charge on any atom is -0.102 e. The zero-order chi connectivity index (χ0) is 10.1. The summed E-state index contributed by atoms with van der Waals surface area (Å²) in [7, 11) is 0. The summed E-state index contributed by atoms with van der Waals surface area (Å²) >= 11 is 2.42. The molecule has 0 nitrogen and oxygen atoms in total. The molecule has 2 rings (SSSR count). The van der Waals surface area contributed by atoms with Crippen molar-refractivity contribution in [1.82, 2.24) is 0 Å². The maximum absolute atomic E-state index is 4.06. The summed E-state index contributed by atoms with van der Waals surface area (Å²) in [5.74, 6) is 1.04. The van der Waals surface area contributed by atoms with Gasteiger partial charge >= 0.3 is 0 Å². The van der Waals surface area contributed by atoms with Crippen LogP contribution in [-0.4, -0.2) is 0 Å². The molecule has 0 amide bonds. The van der Waals surface area contributed by atoms with Crippen molar-refractivity contribution in [2.75, 3.05) is 0 Å². The van der Waals surface area contributed by atoms with Gasteiger partial charge in [0, 0.05) is 9.49 Å². The average molecular weight is 297 g/mol. The Hall–Kier alpha value is -0.310. The molecular weight excluding hydrogens is 283 g/mol. The van der Waals surface area contributed by atoms with Crippen molar-refractivity contribution < 1.29 is 0 Å². The van der Waals surface area contributed by atoms with Gasteiger partial charge in [-0.2, -0.15) is 0 Å². The summed E-state index contributed by atoms with van der Waals surface area (Å²) in [6.07, 6.45) is 4.61.